The van der Waals surface area contributed by atoms with Gasteiger partial charge in [-0.1, -0.05) is 0 Å². The standard InChI is InChI=1S/C8H4F2N2O3/c9-8(10)15-6-4(3-11)1-2-12-5(6)7(13)14/h1-2,8H,(H,13,14). The van der Waals surface area contributed by atoms with Gasteiger partial charge in [0.1, 0.15) is 6.07 Å². The fourth-order valence-electron chi connectivity index (χ4n) is 0.897. The maximum Gasteiger partial charge on any atom is 0.387 e. The van der Waals surface area contributed by atoms with Crippen LogP contribution < -0.4 is 4.74 Å². The molecule has 1 aromatic rings. The molecule has 0 aliphatic heterocycles. The van der Waals surface area contributed by atoms with Crippen LogP contribution in [0, 0.1) is 11.3 Å². The van der Waals surface area contributed by atoms with E-state index in [4.69, 9.17) is 10.4 Å². The zero-order valence-corrected chi connectivity index (χ0v) is 7.15. The molecule has 0 unspecified atom stereocenters. The summed E-state index contributed by atoms with van der Waals surface area (Å²) < 4.78 is 27.8. The van der Waals surface area contributed by atoms with E-state index in [1.165, 1.54) is 6.07 Å². The molecule has 0 bridgehead atoms. The van der Waals surface area contributed by atoms with Crippen molar-refractivity contribution in [2.75, 3.05) is 0 Å². The topological polar surface area (TPSA) is 83.2 Å². The number of nitriles is 1. The number of ether oxygens (including phenoxy) is 1. The number of pyridine rings is 1. The highest BCUT2D eigenvalue weighted by atomic mass is 19.3. The lowest BCUT2D eigenvalue weighted by molar-refractivity contribution is -0.0508. The van der Waals surface area contributed by atoms with Gasteiger partial charge in [0.25, 0.3) is 0 Å². The van der Waals surface area contributed by atoms with Gasteiger partial charge in [0.15, 0.2) is 11.4 Å². The van der Waals surface area contributed by atoms with Crippen LogP contribution in [0.4, 0.5) is 8.78 Å². The monoisotopic (exact) mass is 214 g/mol. The van der Waals surface area contributed by atoms with Gasteiger partial charge in [-0.2, -0.15) is 14.0 Å². The normalized spacial score (nSPS) is 9.73. The van der Waals surface area contributed by atoms with Gasteiger partial charge >= 0.3 is 12.6 Å². The van der Waals surface area contributed by atoms with Crippen molar-refractivity contribution in [3.05, 3.63) is 23.5 Å². The number of aromatic carboxylic acids is 1. The van der Waals surface area contributed by atoms with Crippen LogP contribution in [0.15, 0.2) is 12.3 Å². The first-order valence-corrected chi connectivity index (χ1v) is 3.63. The number of carbonyl (C=O) groups is 1. The first kappa shape index (κ1) is 10.8. The van der Waals surface area contributed by atoms with Crippen molar-refractivity contribution in [2.45, 2.75) is 6.61 Å². The molecular weight excluding hydrogens is 210 g/mol. The Morgan fingerprint density at radius 3 is 2.80 bits per heavy atom. The van der Waals surface area contributed by atoms with Gasteiger partial charge in [-0.15, -0.1) is 0 Å². The Kier molecular flexibility index (Phi) is 3.13. The van der Waals surface area contributed by atoms with E-state index in [0.717, 1.165) is 12.3 Å². The van der Waals surface area contributed by atoms with Crippen LogP contribution in [-0.2, 0) is 0 Å². The lowest BCUT2D eigenvalue weighted by Crippen LogP contribution is -2.10. The Morgan fingerprint density at radius 1 is 1.67 bits per heavy atom. The maximum atomic E-state index is 11.9. The van der Waals surface area contributed by atoms with Crippen LogP contribution >= 0.6 is 0 Å². The lowest BCUT2D eigenvalue weighted by atomic mass is 10.2. The summed E-state index contributed by atoms with van der Waals surface area (Å²) in [5.41, 5.74) is -1.02. The molecule has 15 heavy (non-hydrogen) atoms. The minimum Gasteiger partial charge on any atom is -0.476 e. The predicted octanol–water partition coefficient (Wildman–Crippen LogP) is 1.25. The largest absolute Gasteiger partial charge is 0.476 e. The molecule has 0 aliphatic rings. The third kappa shape index (κ3) is 2.37. The van der Waals surface area contributed by atoms with Crippen molar-refractivity contribution in [3.8, 4) is 11.8 Å². The van der Waals surface area contributed by atoms with Gasteiger partial charge in [-0.05, 0) is 6.07 Å². The van der Waals surface area contributed by atoms with Gasteiger partial charge in [-0.25, -0.2) is 9.78 Å². The Bertz CT molecular complexity index is 428. The second-order valence-electron chi connectivity index (χ2n) is 2.33. The summed E-state index contributed by atoms with van der Waals surface area (Å²) in [6, 6.07) is 2.62. The molecule has 0 saturated carbocycles. The second kappa shape index (κ2) is 4.32. The fourth-order valence-corrected chi connectivity index (χ4v) is 0.897. The Morgan fingerprint density at radius 2 is 2.33 bits per heavy atom. The molecule has 7 heteroatoms. The molecule has 0 aliphatic carbocycles. The minimum absolute atomic E-state index is 0.303. The summed E-state index contributed by atoms with van der Waals surface area (Å²) in [5, 5.41) is 17.1. The number of carboxylic acid groups (broad SMARTS) is 1. The van der Waals surface area contributed by atoms with Gasteiger partial charge in [0.05, 0.1) is 5.56 Å². The summed E-state index contributed by atoms with van der Waals surface area (Å²) in [6.07, 6.45) is 1.03. The average molecular weight is 214 g/mol. The number of rotatable bonds is 3. The number of hydrogen-bond donors (Lipinski definition) is 1. The van der Waals surface area contributed by atoms with Crippen LogP contribution in [0.1, 0.15) is 16.1 Å². The third-order valence-corrected chi connectivity index (χ3v) is 1.43. The van der Waals surface area contributed by atoms with E-state index in [-0.39, 0.29) is 5.56 Å². The van der Waals surface area contributed by atoms with Crippen LogP contribution in [0.25, 0.3) is 0 Å². The van der Waals surface area contributed by atoms with E-state index < -0.39 is 24.0 Å². The first-order chi connectivity index (χ1) is 7.06. The zero-order valence-electron chi connectivity index (χ0n) is 7.15. The van der Waals surface area contributed by atoms with E-state index in [2.05, 4.69) is 9.72 Å². The molecule has 1 rings (SSSR count). The SMILES string of the molecule is N#Cc1ccnc(C(=O)O)c1OC(F)F. The summed E-state index contributed by atoms with van der Waals surface area (Å²) in [5.74, 6) is -2.26. The molecule has 0 aromatic carbocycles. The lowest BCUT2D eigenvalue weighted by Gasteiger charge is -2.07. The van der Waals surface area contributed by atoms with Crippen molar-refractivity contribution in [2.24, 2.45) is 0 Å². The van der Waals surface area contributed by atoms with E-state index in [1.807, 2.05) is 0 Å². The molecule has 78 valence electrons. The fraction of sp³-hybridized carbons (Fsp3) is 0.125. The van der Waals surface area contributed by atoms with E-state index in [9.17, 15) is 13.6 Å². The minimum atomic E-state index is -3.21. The van der Waals surface area contributed by atoms with E-state index >= 15 is 0 Å². The van der Waals surface area contributed by atoms with Gasteiger partial charge < -0.3 is 9.84 Å². The molecule has 1 heterocycles. The highest BCUT2D eigenvalue weighted by molar-refractivity contribution is 5.89. The van der Waals surface area contributed by atoms with Crippen LogP contribution in [0.2, 0.25) is 0 Å². The molecule has 5 nitrogen and oxygen atoms in total. The number of aromatic nitrogens is 1. The zero-order chi connectivity index (χ0) is 11.4. The Labute approximate surface area is 82.5 Å². The molecule has 0 fully saturated rings. The van der Waals surface area contributed by atoms with Crippen LogP contribution in [0.5, 0.6) is 5.75 Å². The highest BCUT2D eigenvalue weighted by Gasteiger charge is 2.20. The molecule has 0 radical (unpaired) electrons. The van der Waals surface area contributed by atoms with Crippen molar-refractivity contribution >= 4 is 5.97 Å². The molecular formula is C8H4F2N2O3. The predicted molar refractivity (Wildman–Crippen MR) is 42.5 cm³/mol. The molecule has 0 atom stereocenters. The molecule has 0 spiro atoms. The van der Waals surface area contributed by atoms with Crippen LogP contribution in [0.3, 0.4) is 0 Å². The highest BCUT2D eigenvalue weighted by Crippen LogP contribution is 2.23. The third-order valence-electron chi connectivity index (χ3n) is 1.43. The number of carboxylic acids is 1. The number of alkyl halides is 2. The average Bonchev–Trinajstić information content (AvgIpc) is 2.16. The smallest absolute Gasteiger partial charge is 0.387 e. The summed E-state index contributed by atoms with van der Waals surface area (Å²) >= 11 is 0. The number of hydrogen-bond acceptors (Lipinski definition) is 4. The summed E-state index contributed by atoms with van der Waals surface area (Å²) in [6.45, 7) is -3.21. The molecule has 0 saturated heterocycles. The van der Waals surface area contributed by atoms with E-state index in [0.29, 0.717) is 0 Å². The van der Waals surface area contributed by atoms with Gasteiger partial charge in [0.2, 0.25) is 0 Å². The van der Waals surface area contributed by atoms with Crippen molar-refractivity contribution in [3.63, 3.8) is 0 Å². The quantitative estimate of drug-likeness (QED) is 0.818. The maximum absolute atomic E-state index is 11.9. The van der Waals surface area contributed by atoms with E-state index in [1.54, 1.807) is 0 Å². The van der Waals surface area contributed by atoms with Crippen LogP contribution in [-0.4, -0.2) is 22.7 Å². The second-order valence-corrected chi connectivity index (χ2v) is 2.33. The molecule has 0 amide bonds. The number of halogens is 2. The van der Waals surface area contributed by atoms with Crippen molar-refractivity contribution in [1.29, 1.82) is 5.26 Å². The Balaban J connectivity index is 3.28. The summed E-state index contributed by atoms with van der Waals surface area (Å²) in [4.78, 5) is 13.9. The Hall–Kier alpha value is -2.23. The van der Waals surface area contributed by atoms with Crippen molar-refractivity contribution < 1.29 is 23.4 Å². The van der Waals surface area contributed by atoms with Gasteiger partial charge in [0, 0.05) is 6.20 Å². The van der Waals surface area contributed by atoms with Crippen molar-refractivity contribution in [1.82, 2.24) is 4.98 Å². The first-order valence-electron chi connectivity index (χ1n) is 3.63. The van der Waals surface area contributed by atoms with Gasteiger partial charge in [-0.3, -0.25) is 0 Å². The summed E-state index contributed by atoms with van der Waals surface area (Å²) in [7, 11) is 0. The molecule has 1 N–H and O–H groups in total. The number of nitrogens with zero attached hydrogens (tertiary/aromatic N) is 2. The molecule has 1 aromatic heterocycles.